The van der Waals surface area contributed by atoms with E-state index in [4.69, 9.17) is 0 Å². The molecule has 1 saturated carbocycles. The van der Waals surface area contributed by atoms with E-state index in [1.165, 1.54) is 0 Å². The third-order valence-electron chi connectivity index (χ3n) is 4.47. The van der Waals surface area contributed by atoms with Crippen LogP contribution in [0.3, 0.4) is 0 Å². The van der Waals surface area contributed by atoms with Crippen LogP contribution < -0.4 is 5.32 Å². The molecule has 1 aromatic heterocycles. The topological polar surface area (TPSA) is 67.2 Å². The van der Waals surface area contributed by atoms with E-state index in [2.05, 4.69) is 10.4 Å². The van der Waals surface area contributed by atoms with Crippen molar-refractivity contribution in [3.63, 3.8) is 0 Å². The number of hydrogen-bond donors (Lipinski definition) is 1. The number of nitrogens with one attached hydrogen (secondary N) is 1. The van der Waals surface area contributed by atoms with Gasteiger partial charge in [-0.25, -0.2) is 4.79 Å². The molecule has 6 nitrogen and oxygen atoms in total. The summed E-state index contributed by atoms with van der Waals surface area (Å²) in [5.74, 6) is -0.103. The number of carbonyl (C=O) groups is 2. The van der Waals surface area contributed by atoms with Gasteiger partial charge in [0, 0.05) is 19.8 Å². The maximum absolute atomic E-state index is 12.2. The van der Waals surface area contributed by atoms with E-state index in [1.54, 1.807) is 9.58 Å². The van der Waals surface area contributed by atoms with Gasteiger partial charge < -0.3 is 4.90 Å². The van der Waals surface area contributed by atoms with Crippen molar-refractivity contribution < 1.29 is 9.59 Å². The number of aromatic nitrogens is 2. The number of aryl methyl sites for hydroxylation is 1. The fourth-order valence-electron chi connectivity index (χ4n) is 3.39. The Bertz CT molecular complexity index is 531. The summed E-state index contributed by atoms with van der Waals surface area (Å²) < 4.78 is 1.75. The minimum Gasteiger partial charge on any atom is -0.309 e. The highest BCUT2D eigenvalue weighted by Crippen LogP contribution is 2.37. The molecule has 1 aliphatic carbocycles. The van der Waals surface area contributed by atoms with Crippen LogP contribution >= 0.6 is 0 Å². The number of carbonyl (C=O) groups excluding carboxylic acids is 2. The summed E-state index contributed by atoms with van der Waals surface area (Å²) in [6.07, 6.45) is 9.26. The molecular formula is C14H20N4O2. The van der Waals surface area contributed by atoms with Crippen LogP contribution in [-0.4, -0.2) is 38.7 Å². The van der Waals surface area contributed by atoms with Gasteiger partial charge in [-0.1, -0.05) is 19.3 Å². The molecule has 2 heterocycles. The molecule has 0 radical (unpaired) electrons. The fourth-order valence-corrected chi connectivity index (χ4v) is 3.39. The summed E-state index contributed by atoms with van der Waals surface area (Å²) in [6, 6.07) is -0.235. The Hall–Kier alpha value is -1.85. The van der Waals surface area contributed by atoms with Gasteiger partial charge >= 0.3 is 6.03 Å². The van der Waals surface area contributed by atoms with Gasteiger partial charge in [-0.3, -0.25) is 14.8 Å². The SMILES string of the molecule is Cn1cc(CCN2C(=O)NC(=O)C23CCCCC3)cn1. The summed E-state index contributed by atoms with van der Waals surface area (Å²) in [5, 5.41) is 6.63. The van der Waals surface area contributed by atoms with Crippen molar-refractivity contribution in [2.24, 2.45) is 7.05 Å². The zero-order chi connectivity index (χ0) is 14.2. The molecule has 1 saturated heterocycles. The van der Waals surface area contributed by atoms with Crippen LogP contribution in [0.25, 0.3) is 0 Å². The second-order valence-electron chi connectivity index (χ2n) is 5.78. The van der Waals surface area contributed by atoms with Crippen molar-refractivity contribution in [2.45, 2.75) is 44.1 Å². The Morgan fingerprint density at radius 3 is 2.70 bits per heavy atom. The lowest BCUT2D eigenvalue weighted by Gasteiger charge is -2.38. The van der Waals surface area contributed by atoms with Crippen LogP contribution in [0.5, 0.6) is 0 Å². The molecule has 108 valence electrons. The van der Waals surface area contributed by atoms with Crippen LogP contribution in [0, 0.1) is 0 Å². The molecule has 0 bridgehead atoms. The summed E-state index contributed by atoms with van der Waals surface area (Å²) in [5.41, 5.74) is 0.503. The molecular weight excluding hydrogens is 256 g/mol. The minimum atomic E-state index is -0.586. The highest BCUT2D eigenvalue weighted by Gasteiger charge is 2.52. The number of imide groups is 1. The maximum Gasteiger partial charge on any atom is 0.325 e. The van der Waals surface area contributed by atoms with E-state index in [0.29, 0.717) is 6.54 Å². The summed E-state index contributed by atoms with van der Waals surface area (Å²) in [7, 11) is 1.87. The second-order valence-corrected chi connectivity index (χ2v) is 5.78. The second kappa shape index (κ2) is 4.92. The summed E-state index contributed by atoms with van der Waals surface area (Å²) in [4.78, 5) is 26.0. The Labute approximate surface area is 118 Å². The molecule has 1 spiro atoms. The van der Waals surface area contributed by atoms with Gasteiger partial charge in [0.2, 0.25) is 0 Å². The molecule has 3 rings (SSSR count). The molecule has 20 heavy (non-hydrogen) atoms. The fraction of sp³-hybridized carbons (Fsp3) is 0.643. The Morgan fingerprint density at radius 2 is 2.05 bits per heavy atom. The molecule has 1 N–H and O–H groups in total. The maximum atomic E-state index is 12.2. The summed E-state index contributed by atoms with van der Waals surface area (Å²) >= 11 is 0. The van der Waals surface area contributed by atoms with Crippen LogP contribution in [0.4, 0.5) is 4.79 Å². The lowest BCUT2D eigenvalue weighted by atomic mass is 9.80. The number of urea groups is 1. The number of nitrogens with zero attached hydrogens (tertiary/aromatic N) is 3. The highest BCUT2D eigenvalue weighted by molar-refractivity contribution is 6.07. The number of amides is 3. The predicted molar refractivity (Wildman–Crippen MR) is 73.0 cm³/mol. The molecule has 2 fully saturated rings. The van der Waals surface area contributed by atoms with Crippen molar-refractivity contribution in [3.05, 3.63) is 18.0 Å². The molecule has 1 aromatic rings. The molecule has 1 aliphatic heterocycles. The first-order valence-electron chi connectivity index (χ1n) is 7.22. The third kappa shape index (κ3) is 2.09. The Morgan fingerprint density at radius 1 is 1.30 bits per heavy atom. The molecule has 6 heteroatoms. The van der Waals surface area contributed by atoms with E-state index in [1.807, 2.05) is 19.4 Å². The lowest BCUT2D eigenvalue weighted by Crippen LogP contribution is -2.51. The largest absolute Gasteiger partial charge is 0.325 e. The van der Waals surface area contributed by atoms with E-state index in [-0.39, 0.29) is 11.9 Å². The van der Waals surface area contributed by atoms with Gasteiger partial charge in [-0.05, 0) is 24.8 Å². The van der Waals surface area contributed by atoms with Crippen molar-refractivity contribution in [3.8, 4) is 0 Å². The highest BCUT2D eigenvalue weighted by atomic mass is 16.2. The zero-order valence-corrected chi connectivity index (χ0v) is 11.8. The standard InChI is InChI=1S/C14H20N4O2/c1-17-10-11(9-15-17)5-8-18-13(20)16-12(19)14(18)6-3-2-4-7-14/h9-10H,2-8H2,1H3,(H,16,19,20). The lowest BCUT2D eigenvalue weighted by molar-refractivity contribution is -0.128. The molecule has 0 aromatic carbocycles. The van der Waals surface area contributed by atoms with Gasteiger partial charge in [0.15, 0.2) is 0 Å². The van der Waals surface area contributed by atoms with Crippen LogP contribution in [0.15, 0.2) is 12.4 Å². The van der Waals surface area contributed by atoms with Gasteiger partial charge in [-0.2, -0.15) is 5.10 Å². The van der Waals surface area contributed by atoms with E-state index in [9.17, 15) is 9.59 Å². The van der Waals surface area contributed by atoms with Crippen molar-refractivity contribution in [1.29, 1.82) is 0 Å². The first-order valence-corrected chi connectivity index (χ1v) is 7.22. The van der Waals surface area contributed by atoms with E-state index in [0.717, 1.165) is 44.1 Å². The van der Waals surface area contributed by atoms with Gasteiger partial charge in [-0.15, -0.1) is 0 Å². The first-order chi connectivity index (χ1) is 9.62. The molecule has 0 atom stereocenters. The van der Waals surface area contributed by atoms with Crippen molar-refractivity contribution >= 4 is 11.9 Å². The smallest absolute Gasteiger partial charge is 0.309 e. The zero-order valence-electron chi connectivity index (χ0n) is 11.8. The average Bonchev–Trinajstić information content (AvgIpc) is 2.93. The number of rotatable bonds is 3. The van der Waals surface area contributed by atoms with Crippen molar-refractivity contribution in [1.82, 2.24) is 20.0 Å². The molecule has 2 aliphatic rings. The molecule has 3 amide bonds. The van der Waals surface area contributed by atoms with E-state index < -0.39 is 5.54 Å². The number of hydrogen-bond acceptors (Lipinski definition) is 3. The van der Waals surface area contributed by atoms with Crippen molar-refractivity contribution in [2.75, 3.05) is 6.54 Å². The first kappa shape index (κ1) is 13.1. The quantitative estimate of drug-likeness (QED) is 0.844. The van der Waals surface area contributed by atoms with Gasteiger partial charge in [0.1, 0.15) is 5.54 Å². The monoisotopic (exact) mass is 276 g/mol. The summed E-state index contributed by atoms with van der Waals surface area (Å²) in [6.45, 7) is 0.573. The van der Waals surface area contributed by atoms with Gasteiger partial charge in [0.25, 0.3) is 5.91 Å². The van der Waals surface area contributed by atoms with Crippen LogP contribution in [-0.2, 0) is 18.3 Å². The van der Waals surface area contributed by atoms with Crippen LogP contribution in [0.2, 0.25) is 0 Å². The normalized spacial score (nSPS) is 21.6. The Kier molecular flexibility index (Phi) is 3.23. The molecule has 0 unspecified atom stereocenters. The Balaban J connectivity index is 1.75. The van der Waals surface area contributed by atoms with Gasteiger partial charge in [0.05, 0.1) is 6.20 Å². The van der Waals surface area contributed by atoms with Crippen LogP contribution in [0.1, 0.15) is 37.7 Å². The third-order valence-corrected chi connectivity index (χ3v) is 4.47. The minimum absolute atomic E-state index is 0.103. The van der Waals surface area contributed by atoms with E-state index >= 15 is 0 Å². The average molecular weight is 276 g/mol. The predicted octanol–water partition coefficient (Wildman–Crippen LogP) is 1.22.